The van der Waals surface area contributed by atoms with Crippen LogP contribution in [-0.4, -0.2) is 61.9 Å². The number of carbonyl (C=O) groups is 1. The van der Waals surface area contributed by atoms with Crippen molar-refractivity contribution in [3.8, 4) is 11.3 Å². The van der Waals surface area contributed by atoms with Crippen molar-refractivity contribution in [2.45, 2.75) is 25.6 Å². The summed E-state index contributed by atoms with van der Waals surface area (Å²) in [4.78, 5) is 26.5. The Bertz CT molecular complexity index is 1290. The molecule has 0 saturated carbocycles. The van der Waals surface area contributed by atoms with Gasteiger partial charge in [-0.1, -0.05) is 18.2 Å². The van der Waals surface area contributed by atoms with E-state index in [1.807, 2.05) is 42.9 Å². The van der Waals surface area contributed by atoms with Gasteiger partial charge in [0.05, 0.1) is 17.9 Å². The normalized spacial score (nSPS) is 16.6. The smallest absolute Gasteiger partial charge is 0.410 e. The minimum Gasteiger partial charge on any atom is -0.445 e. The first-order chi connectivity index (χ1) is 15.5. The number of benzene rings is 1. The van der Waals surface area contributed by atoms with Crippen LogP contribution in [0.1, 0.15) is 18.4 Å². The van der Waals surface area contributed by atoms with Crippen molar-refractivity contribution < 1.29 is 14.6 Å². The van der Waals surface area contributed by atoms with Crippen LogP contribution in [0.15, 0.2) is 36.7 Å². The molecule has 1 saturated heterocycles. The lowest BCUT2D eigenvalue weighted by Crippen LogP contribution is -2.42. The van der Waals surface area contributed by atoms with Crippen molar-refractivity contribution in [3.05, 3.63) is 42.2 Å². The molecule has 166 valence electrons. The van der Waals surface area contributed by atoms with E-state index in [1.54, 1.807) is 11.2 Å². The molecule has 0 aliphatic carbocycles. The highest BCUT2D eigenvalue weighted by Gasteiger charge is 2.23. The molecule has 32 heavy (non-hydrogen) atoms. The molecule has 1 fully saturated rings. The summed E-state index contributed by atoms with van der Waals surface area (Å²) in [6.07, 6.45) is 2.45. The Balaban J connectivity index is 1.40. The summed E-state index contributed by atoms with van der Waals surface area (Å²) >= 11 is 0. The second kappa shape index (κ2) is 8.16. The zero-order chi connectivity index (χ0) is 22.2. The first-order valence-corrected chi connectivity index (χ1v) is 10.7. The third kappa shape index (κ3) is 3.64. The zero-order valence-corrected chi connectivity index (χ0v) is 18.1. The predicted molar refractivity (Wildman–Crippen MR) is 122 cm³/mol. The van der Waals surface area contributed by atoms with Crippen LogP contribution in [0.25, 0.3) is 33.3 Å². The number of H-pyrrole nitrogens is 1. The number of aliphatic hydroxyl groups is 1. The Morgan fingerprint density at radius 3 is 3.06 bits per heavy atom. The third-order valence-electron chi connectivity index (χ3n) is 5.93. The van der Waals surface area contributed by atoms with Gasteiger partial charge in [-0.2, -0.15) is 0 Å². The van der Waals surface area contributed by atoms with E-state index in [0.717, 1.165) is 57.5 Å². The van der Waals surface area contributed by atoms with Gasteiger partial charge >= 0.3 is 6.09 Å². The van der Waals surface area contributed by atoms with Crippen LogP contribution in [-0.2, 0) is 18.4 Å². The Kier molecular flexibility index (Phi) is 5.18. The highest BCUT2D eigenvalue weighted by atomic mass is 16.6. The molecule has 4 heterocycles. The number of anilines is 1. The maximum atomic E-state index is 12.3. The number of aromatic nitrogens is 4. The summed E-state index contributed by atoms with van der Waals surface area (Å²) in [5.41, 5.74) is 5.41. The van der Waals surface area contributed by atoms with Crippen molar-refractivity contribution >= 4 is 34.0 Å². The number of nitrogens with zero attached hydrogens (tertiary/aromatic N) is 4. The minimum atomic E-state index is -0.468. The lowest BCUT2D eigenvalue weighted by molar-refractivity contribution is 0.0461. The molecule has 0 bridgehead atoms. The van der Waals surface area contributed by atoms with Crippen LogP contribution < -0.4 is 5.32 Å². The molecule has 9 nitrogen and oxygen atoms in total. The van der Waals surface area contributed by atoms with Crippen molar-refractivity contribution in [2.75, 3.05) is 25.5 Å². The standard InChI is InChI=1S/C23H26N6O3/c1-24-22-19-20(28(2)13-25-19)17-10-18(26-21(17)27-22)15-6-3-5-14(9-15)12-32-23(31)29-8-4-7-16(30)11-29/h3,5-6,9-10,13,16,30H,4,7-8,11-12H2,1-2H3,(H2,24,26,27). The van der Waals surface area contributed by atoms with Crippen LogP contribution in [0.3, 0.4) is 0 Å². The molecule has 3 aromatic heterocycles. The maximum absolute atomic E-state index is 12.3. The van der Waals surface area contributed by atoms with Gasteiger partial charge in [0, 0.05) is 38.3 Å². The second-order valence-corrected chi connectivity index (χ2v) is 8.21. The number of pyridine rings is 1. The number of fused-ring (bicyclic) bond motifs is 3. The summed E-state index contributed by atoms with van der Waals surface area (Å²) in [6, 6.07) is 9.97. The van der Waals surface area contributed by atoms with E-state index in [9.17, 15) is 9.90 Å². The van der Waals surface area contributed by atoms with Crippen molar-refractivity contribution in [3.63, 3.8) is 0 Å². The van der Waals surface area contributed by atoms with Gasteiger partial charge in [-0.3, -0.25) is 0 Å². The molecule has 1 amide bonds. The van der Waals surface area contributed by atoms with E-state index in [-0.39, 0.29) is 12.7 Å². The van der Waals surface area contributed by atoms with Gasteiger partial charge in [0.2, 0.25) is 0 Å². The number of rotatable bonds is 4. The van der Waals surface area contributed by atoms with E-state index < -0.39 is 6.10 Å². The van der Waals surface area contributed by atoms with Crippen LogP contribution in [0.4, 0.5) is 10.6 Å². The number of carbonyl (C=O) groups excluding carboxylic acids is 1. The van der Waals surface area contributed by atoms with E-state index in [2.05, 4.69) is 26.3 Å². The van der Waals surface area contributed by atoms with Gasteiger partial charge in [0.1, 0.15) is 17.8 Å². The molecule has 1 aromatic carbocycles. The molecular weight excluding hydrogens is 408 g/mol. The fraction of sp³-hybridized carbons (Fsp3) is 0.348. The summed E-state index contributed by atoms with van der Waals surface area (Å²) in [5.74, 6) is 0.727. The maximum Gasteiger partial charge on any atom is 0.410 e. The van der Waals surface area contributed by atoms with Crippen LogP contribution in [0, 0.1) is 0 Å². The summed E-state index contributed by atoms with van der Waals surface area (Å²) in [7, 11) is 3.80. The third-order valence-corrected chi connectivity index (χ3v) is 5.93. The lowest BCUT2D eigenvalue weighted by Gasteiger charge is -2.29. The minimum absolute atomic E-state index is 0.174. The van der Waals surface area contributed by atoms with Gasteiger partial charge in [-0.05, 0) is 36.1 Å². The van der Waals surface area contributed by atoms with Crippen LogP contribution >= 0.6 is 0 Å². The van der Waals surface area contributed by atoms with Gasteiger partial charge in [-0.15, -0.1) is 0 Å². The van der Waals surface area contributed by atoms with E-state index in [4.69, 9.17) is 4.74 Å². The summed E-state index contributed by atoms with van der Waals surface area (Å²) in [5, 5.41) is 13.9. The summed E-state index contributed by atoms with van der Waals surface area (Å²) < 4.78 is 7.48. The number of aliphatic hydroxyl groups excluding tert-OH is 1. The van der Waals surface area contributed by atoms with Crippen molar-refractivity contribution in [1.29, 1.82) is 0 Å². The Morgan fingerprint density at radius 2 is 2.25 bits per heavy atom. The quantitative estimate of drug-likeness (QED) is 0.455. The van der Waals surface area contributed by atoms with Gasteiger partial charge in [-0.25, -0.2) is 14.8 Å². The molecule has 0 radical (unpaired) electrons. The van der Waals surface area contributed by atoms with Crippen molar-refractivity contribution in [2.24, 2.45) is 7.05 Å². The number of nitrogens with one attached hydrogen (secondary N) is 2. The molecule has 1 unspecified atom stereocenters. The number of aryl methyl sites for hydroxylation is 1. The van der Waals surface area contributed by atoms with Gasteiger partial charge in [0.25, 0.3) is 0 Å². The molecule has 1 aliphatic rings. The number of hydrogen-bond acceptors (Lipinski definition) is 6. The Labute approximate surface area is 185 Å². The number of imidazole rings is 1. The molecule has 3 N–H and O–H groups in total. The fourth-order valence-electron chi connectivity index (χ4n) is 4.31. The highest BCUT2D eigenvalue weighted by Crippen LogP contribution is 2.31. The highest BCUT2D eigenvalue weighted by molar-refractivity contribution is 6.07. The average molecular weight is 435 g/mol. The lowest BCUT2D eigenvalue weighted by atomic mass is 10.1. The number of likely N-dealkylation sites (tertiary alicyclic amines) is 1. The Morgan fingerprint density at radius 1 is 1.38 bits per heavy atom. The Hall–Kier alpha value is -3.59. The van der Waals surface area contributed by atoms with Gasteiger partial charge < -0.3 is 29.6 Å². The predicted octanol–water partition coefficient (Wildman–Crippen LogP) is 3.25. The summed E-state index contributed by atoms with van der Waals surface area (Å²) in [6.45, 7) is 1.13. The molecule has 4 aromatic rings. The molecule has 1 aliphatic heterocycles. The van der Waals surface area contributed by atoms with Gasteiger partial charge in [0.15, 0.2) is 5.82 Å². The van der Waals surface area contributed by atoms with E-state index in [0.29, 0.717) is 13.1 Å². The fourth-order valence-corrected chi connectivity index (χ4v) is 4.31. The number of β-amino-alcohol motifs (C(OH)–C–C–N with tert-alkyl or cyclic N) is 1. The topological polar surface area (TPSA) is 108 Å². The monoisotopic (exact) mass is 434 g/mol. The molecule has 5 rings (SSSR count). The number of hydrogen-bond donors (Lipinski definition) is 3. The number of amides is 1. The average Bonchev–Trinajstić information content (AvgIpc) is 3.40. The van der Waals surface area contributed by atoms with Crippen LogP contribution in [0.2, 0.25) is 0 Å². The number of piperidine rings is 1. The second-order valence-electron chi connectivity index (χ2n) is 8.21. The first-order valence-electron chi connectivity index (χ1n) is 10.7. The zero-order valence-electron chi connectivity index (χ0n) is 18.1. The molecule has 9 heteroatoms. The molecule has 1 atom stereocenters. The van der Waals surface area contributed by atoms with E-state index in [1.165, 1.54) is 0 Å². The number of ether oxygens (including phenoxy) is 1. The SMILES string of the molecule is CNc1nc2[nH]c(-c3cccc(COC(=O)N4CCCC(O)C4)c3)cc2c2c1ncn2C. The van der Waals surface area contributed by atoms with E-state index >= 15 is 0 Å². The first kappa shape index (κ1) is 20.3. The van der Waals surface area contributed by atoms with Crippen molar-refractivity contribution in [1.82, 2.24) is 24.4 Å². The molecule has 0 spiro atoms. The largest absolute Gasteiger partial charge is 0.445 e. The number of aromatic amines is 1. The molecular formula is C23H26N6O3. The van der Waals surface area contributed by atoms with Crippen LogP contribution in [0.5, 0.6) is 0 Å².